The zero-order chi connectivity index (χ0) is 15.9. The van der Waals surface area contributed by atoms with Gasteiger partial charge in [0.1, 0.15) is 11.8 Å². The van der Waals surface area contributed by atoms with Gasteiger partial charge in [-0.05, 0) is 37.5 Å². The minimum Gasteiger partial charge on any atom is -0.493 e. The van der Waals surface area contributed by atoms with Crippen molar-refractivity contribution in [1.82, 2.24) is 5.32 Å². The molecular weight excluding hydrogens is 280 g/mol. The molecule has 0 spiro atoms. The second-order valence-electron chi connectivity index (χ2n) is 5.59. The number of nitriles is 1. The molecule has 2 rings (SSSR count). The van der Waals surface area contributed by atoms with Gasteiger partial charge in [-0.1, -0.05) is 12.1 Å². The Hall–Kier alpha value is -2.06. The van der Waals surface area contributed by atoms with Gasteiger partial charge >= 0.3 is 0 Å². The van der Waals surface area contributed by atoms with Crippen molar-refractivity contribution in [2.45, 2.75) is 32.7 Å². The Morgan fingerprint density at radius 3 is 3.05 bits per heavy atom. The Morgan fingerprint density at radius 1 is 1.55 bits per heavy atom. The molecule has 1 aromatic carbocycles. The lowest BCUT2D eigenvalue weighted by atomic mass is 10.0. The van der Waals surface area contributed by atoms with Crippen molar-refractivity contribution < 1.29 is 14.3 Å². The summed E-state index contributed by atoms with van der Waals surface area (Å²) in [6, 6.07) is 7.53. The lowest BCUT2D eigenvalue weighted by molar-refractivity contribution is -0.122. The highest BCUT2D eigenvalue weighted by molar-refractivity contribution is 5.76. The summed E-state index contributed by atoms with van der Waals surface area (Å²) in [7, 11) is 0. The molecule has 0 aromatic heterocycles. The van der Waals surface area contributed by atoms with Crippen LogP contribution in [0.25, 0.3) is 0 Å². The SMILES string of the molecule is Cc1cccc(OCCC(=O)N[C@H](C#N)[C@H]2CCOC2)c1C. The fourth-order valence-corrected chi connectivity index (χ4v) is 2.45. The van der Waals surface area contributed by atoms with Crippen molar-refractivity contribution in [2.75, 3.05) is 19.8 Å². The summed E-state index contributed by atoms with van der Waals surface area (Å²) in [6.07, 6.45) is 1.05. The van der Waals surface area contributed by atoms with Crippen molar-refractivity contribution >= 4 is 5.91 Å². The van der Waals surface area contributed by atoms with Crippen LogP contribution in [0.15, 0.2) is 18.2 Å². The molecule has 22 heavy (non-hydrogen) atoms. The van der Waals surface area contributed by atoms with Crippen LogP contribution in [0, 0.1) is 31.1 Å². The van der Waals surface area contributed by atoms with Gasteiger partial charge in [0.2, 0.25) is 5.91 Å². The van der Waals surface area contributed by atoms with E-state index >= 15 is 0 Å². The van der Waals surface area contributed by atoms with Crippen LogP contribution in [-0.4, -0.2) is 31.8 Å². The lowest BCUT2D eigenvalue weighted by Crippen LogP contribution is -2.40. The van der Waals surface area contributed by atoms with Crippen LogP contribution in [0.1, 0.15) is 24.0 Å². The van der Waals surface area contributed by atoms with Crippen molar-refractivity contribution in [3.8, 4) is 11.8 Å². The first-order chi connectivity index (χ1) is 10.6. The maximum Gasteiger partial charge on any atom is 0.224 e. The molecule has 118 valence electrons. The maximum atomic E-state index is 11.9. The highest BCUT2D eigenvalue weighted by Gasteiger charge is 2.26. The normalized spacial score (nSPS) is 18.5. The van der Waals surface area contributed by atoms with Crippen LogP contribution >= 0.6 is 0 Å². The van der Waals surface area contributed by atoms with E-state index in [0.29, 0.717) is 19.8 Å². The number of ether oxygens (including phenoxy) is 2. The van der Waals surface area contributed by atoms with Gasteiger partial charge in [-0.3, -0.25) is 4.79 Å². The van der Waals surface area contributed by atoms with Crippen molar-refractivity contribution in [3.05, 3.63) is 29.3 Å². The Labute approximate surface area is 131 Å². The molecule has 1 N–H and O–H groups in total. The molecule has 5 nitrogen and oxygen atoms in total. The molecule has 0 saturated carbocycles. The zero-order valence-corrected chi connectivity index (χ0v) is 13.1. The van der Waals surface area contributed by atoms with E-state index in [9.17, 15) is 4.79 Å². The highest BCUT2D eigenvalue weighted by atomic mass is 16.5. The summed E-state index contributed by atoms with van der Waals surface area (Å²) in [5, 5.41) is 11.9. The number of carbonyl (C=O) groups excluding carboxylic acids is 1. The fraction of sp³-hybridized carbons (Fsp3) is 0.529. The van der Waals surface area contributed by atoms with Gasteiger partial charge in [0, 0.05) is 12.5 Å². The molecule has 1 aliphatic rings. The van der Waals surface area contributed by atoms with E-state index < -0.39 is 6.04 Å². The summed E-state index contributed by atoms with van der Waals surface area (Å²) in [4.78, 5) is 11.9. The van der Waals surface area contributed by atoms with Gasteiger partial charge in [0.15, 0.2) is 0 Å². The van der Waals surface area contributed by atoms with Gasteiger partial charge in [0.25, 0.3) is 0 Å². The number of nitrogens with one attached hydrogen (secondary N) is 1. The molecule has 0 bridgehead atoms. The number of nitrogens with zero attached hydrogens (tertiary/aromatic N) is 1. The van der Waals surface area contributed by atoms with E-state index in [0.717, 1.165) is 23.3 Å². The number of rotatable bonds is 6. The topological polar surface area (TPSA) is 71.3 Å². The van der Waals surface area contributed by atoms with Crippen LogP contribution < -0.4 is 10.1 Å². The third-order valence-corrected chi connectivity index (χ3v) is 4.03. The molecule has 1 saturated heterocycles. The van der Waals surface area contributed by atoms with Crippen LogP contribution in [0.5, 0.6) is 5.75 Å². The molecule has 1 aliphatic heterocycles. The molecule has 2 atom stereocenters. The number of carbonyl (C=O) groups is 1. The number of hydrogen-bond acceptors (Lipinski definition) is 4. The summed E-state index contributed by atoms with van der Waals surface area (Å²) in [5.74, 6) is 0.728. The smallest absolute Gasteiger partial charge is 0.224 e. The molecule has 0 radical (unpaired) electrons. The Bertz CT molecular complexity index is 560. The fourth-order valence-electron chi connectivity index (χ4n) is 2.45. The van der Waals surface area contributed by atoms with E-state index in [4.69, 9.17) is 14.7 Å². The molecule has 0 unspecified atom stereocenters. The van der Waals surface area contributed by atoms with E-state index in [-0.39, 0.29) is 18.2 Å². The van der Waals surface area contributed by atoms with Gasteiger partial charge in [-0.15, -0.1) is 0 Å². The Kier molecular flexibility index (Phi) is 5.79. The van der Waals surface area contributed by atoms with E-state index in [2.05, 4.69) is 11.4 Å². The summed E-state index contributed by atoms with van der Waals surface area (Å²) in [6.45, 7) is 5.52. The molecule has 1 aromatic rings. The van der Waals surface area contributed by atoms with Crippen molar-refractivity contribution in [2.24, 2.45) is 5.92 Å². The molecule has 1 heterocycles. The first-order valence-electron chi connectivity index (χ1n) is 7.57. The Balaban J connectivity index is 1.78. The standard InChI is InChI=1S/C17H22N2O3/c1-12-4-3-5-16(13(12)2)22-9-7-17(20)19-15(10-18)14-6-8-21-11-14/h3-5,14-15H,6-9,11H2,1-2H3,(H,19,20)/t14-,15+/m0/s1. The highest BCUT2D eigenvalue weighted by Crippen LogP contribution is 2.20. The van der Waals surface area contributed by atoms with Crippen molar-refractivity contribution in [1.29, 1.82) is 5.26 Å². The first kappa shape index (κ1) is 16.3. The number of benzene rings is 1. The predicted molar refractivity (Wildman–Crippen MR) is 82.5 cm³/mol. The number of amides is 1. The molecule has 5 heteroatoms. The third-order valence-electron chi connectivity index (χ3n) is 4.03. The number of aryl methyl sites for hydroxylation is 1. The summed E-state index contributed by atoms with van der Waals surface area (Å²) in [5.41, 5.74) is 2.24. The largest absolute Gasteiger partial charge is 0.493 e. The lowest BCUT2D eigenvalue weighted by Gasteiger charge is -2.17. The average Bonchev–Trinajstić information content (AvgIpc) is 3.03. The van der Waals surface area contributed by atoms with Crippen LogP contribution in [0.4, 0.5) is 0 Å². The van der Waals surface area contributed by atoms with Gasteiger partial charge in [0.05, 0.1) is 25.7 Å². The zero-order valence-electron chi connectivity index (χ0n) is 13.1. The minimum absolute atomic E-state index is 0.0916. The third kappa shape index (κ3) is 4.22. The Morgan fingerprint density at radius 2 is 2.36 bits per heavy atom. The van der Waals surface area contributed by atoms with Crippen molar-refractivity contribution in [3.63, 3.8) is 0 Å². The molecular formula is C17H22N2O3. The summed E-state index contributed by atoms with van der Waals surface area (Å²) >= 11 is 0. The maximum absolute atomic E-state index is 11.9. The number of hydrogen-bond donors (Lipinski definition) is 1. The molecule has 0 aliphatic carbocycles. The second-order valence-corrected chi connectivity index (χ2v) is 5.59. The van der Waals surface area contributed by atoms with E-state index in [1.54, 1.807) is 0 Å². The van der Waals surface area contributed by atoms with Gasteiger partial charge < -0.3 is 14.8 Å². The van der Waals surface area contributed by atoms with Gasteiger partial charge in [-0.2, -0.15) is 5.26 Å². The van der Waals surface area contributed by atoms with E-state index in [1.807, 2.05) is 32.0 Å². The van der Waals surface area contributed by atoms with Crippen LogP contribution in [-0.2, 0) is 9.53 Å². The van der Waals surface area contributed by atoms with Crippen LogP contribution in [0.3, 0.4) is 0 Å². The minimum atomic E-state index is -0.476. The molecule has 1 amide bonds. The predicted octanol–water partition coefficient (Wildman–Crippen LogP) is 2.12. The summed E-state index contributed by atoms with van der Waals surface area (Å²) < 4.78 is 10.9. The molecule has 1 fully saturated rings. The monoisotopic (exact) mass is 302 g/mol. The van der Waals surface area contributed by atoms with E-state index in [1.165, 1.54) is 0 Å². The van der Waals surface area contributed by atoms with Crippen LogP contribution in [0.2, 0.25) is 0 Å². The average molecular weight is 302 g/mol. The second kappa shape index (κ2) is 7.81. The van der Waals surface area contributed by atoms with Gasteiger partial charge in [-0.25, -0.2) is 0 Å². The quantitative estimate of drug-likeness (QED) is 0.873. The first-order valence-corrected chi connectivity index (χ1v) is 7.57.